The molecule has 3 rings (SSSR count). The Morgan fingerprint density at radius 1 is 0.865 bits per heavy atom. The number of anilines is 1. The summed E-state index contributed by atoms with van der Waals surface area (Å²) in [5.74, 6) is 5.24. The molecule has 0 atom stereocenters. The third kappa shape index (κ3) is 12.8. The number of thiol groups is 1. The summed E-state index contributed by atoms with van der Waals surface area (Å²) >= 11 is 5.83. The number of benzene rings is 2. The van der Waals surface area contributed by atoms with Gasteiger partial charge in [0.1, 0.15) is 5.82 Å². The molecular weight excluding hydrogens is 733 g/mol. The molecule has 0 saturated heterocycles. The van der Waals surface area contributed by atoms with Gasteiger partial charge in [-0.15, -0.1) is 10.1 Å². The molecule has 13 heteroatoms. The van der Waals surface area contributed by atoms with Crippen molar-refractivity contribution in [2.45, 2.75) is 90.6 Å². The van der Waals surface area contributed by atoms with Crippen molar-refractivity contribution in [1.82, 2.24) is 4.98 Å². The average molecular weight is 789 g/mol. The van der Waals surface area contributed by atoms with E-state index in [1.165, 1.54) is 18.3 Å². The van der Waals surface area contributed by atoms with Crippen LogP contribution in [0.1, 0.15) is 86.2 Å². The summed E-state index contributed by atoms with van der Waals surface area (Å²) in [6, 6.07) is 12.3. The zero-order valence-electron chi connectivity index (χ0n) is 32.2. The molecule has 2 amide bonds. The normalized spacial score (nSPS) is 12.9. The van der Waals surface area contributed by atoms with Crippen molar-refractivity contribution in [2.75, 3.05) is 30.0 Å². The Morgan fingerprint density at radius 3 is 2.00 bits per heavy atom. The molecule has 0 bridgehead atoms. The first-order chi connectivity index (χ1) is 24.0. The lowest BCUT2D eigenvalue weighted by atomic mass is 10.1. The summed E-state index contributed by atoms with van der Waals surface area (Å²) in [7, 11) is -6.96. The quantitative estimate of drug-likeness (QED) is 0.0689. The summed E-state index contributed by atoms with van der Waals surface area (Å²) in [6.45, 7) is 22.9. The first-order valence-corrected chi connectivity index (χ1v) is 25.8. The molecular formula is C39H55ClFN3O5SSi2. The molecule has 1 aromatic heterocycles. The van der Waals surface area contributed by atoms with E-state index in [0.717, 1.165) is 6.07 Å². The van der Waals surface area contributed by atoms with Crippen LogP contribution in [0.25, 0.3) is 0 Å². The summed E-state index contributed by atoms with van der Waals surface area (Å²) in [5, 5.41) is 2.76. The van der Waals surface area contributed by atoms with Crippen molar-refractivity contribution in [3.05, 3.63) is 94.0 Å². The van der Waals surface area contributed by atoms with E-state index >= 15 is 0 Å². The second-order valence-corrected chi connectivity index (χ2v) is 28.9. The molecule has 0 saturated carbocycles. The van der Waals surface area contributed by atoms with E-state index in [0.29, 0.717) is 54.4 Å². The highest BCUT2D eigenvalue weighted by Crippen LogP contribution is 2.37. The highest BCUT2D eigenvalue weighted by molar-refractivity contribution is 8.00. The van der Waals surface area contributed by atoms with Crippen molar-refractivity contribution >= 4 is 55.8 Å². The lowest BCUT2D eigenvalue weighted by Crippen LogP contribution is -2.41. The number of pyridine rings is 1. The fourth-order valence-corrected chi connectivity index (χ4v) is 8.95. The SMILES string of the molecule is CC(C)(C)[Si](C)(C)OCCC[SH](O)(CCCO[Si](C)(C)C(C)(C)C)=NC(=O)c1cncc(C#Cc2cccc(NC(=O)c3ccc(F)c(Cl)c3)c2)c1. The van der Waals surface area contributed by atoms with Crippen LogP contribution >= 0.6 is 11.6 Å². The Morgan fingerprint density at radius 2 is 1.44 bits per heavy atom. The molecule has 0 radical (unpaired) electrons. The Bertz CT molecular complexity index is 1820. The van der Waals surface area contributed by atoms with Gasteiger partial charge in [-0.3, -0.25) is 14.6 Å². The van der Waals surface area contributed by atoms with E-state index in [4.69, 9.17) is 20.5 Å². The summed E-state index contributed by atoms with van der Waals surface area (Å²) < 4.78 is 42.6. The van der Waals surface area contributed by atoms with Gasteiger partial charge < -0.3 is 18.7 Å². The third-order valence-corrected chi connectivity index (χ3v) is 21.8. The molecule has 0 aliphatic heterocycles. The van der Waals surface area contributed by atoms with Crippen LogP contribution in [0.5, 0.6) is 0 Å². The average Bonchev–Trinajstić information content (AvgIpc) is 3.05. The molecule has 2 N–H and O–H groups in total. The van der Waals surface area contributed by atoms with Crippen molar-refractivity contribution in [3.63, 3.8) is 0 Å². The molecule has 1 heterocycles. The lowest BCUT2D eigenvalue weighted by Gasteiger charge is -2.37. The molecule has 284 valence electrons. The van der Waals surface area contributed by atoms with Gasteiger partial charge in [0.25, 0.3) is 11.8 Å². The zero-order chi connectivity index (χ0) is 39.0. The minimum Gasteiger partial charge on any atom is -0.417 e. The number of hydrogen-bond acceptors (Lipinski definition) is 5. The van der Waals surface area contributed by atoms with Crippen molar-refractivity contribution < 1.29 is 27.4 Å². The predicted molar refractivity (Wildman–Crippen MR) is 219 cm³/mol. The van der Waals surface area contributed by atoms with E-state index in [1.807, 2.05) is 0 Å². The Labute approximate surface area is 317 Å². The van der Waals surface area contributed by atoms with Gasteiger partial charge in [0, 0.05) is 59.5 Å². The van der Waals surface area contributed by atoms with Crippen LogP contribution in [0.15, 0.2) is 65.3 Å². The summed E-state index contributed by atoms with van der Waals surface area (Å²) in [4.78, 5) is 30.4. The van der Waals surface area contributed by atoms with Crippen LogP contribution in [0.2, 0.25) is 41.3 Å². The number of carbonyl (C=O) groups is 2. The number of rotatable bonds is 13. The lowest BCUT2D eigenvalue weighted by molar-refractivity contribution is 0.100. The maximum Gasteiger partial charge on any atom is 0.284 e. The zero-order valence-corrected chi connectivity index (χ0v) is 35.8. The van der Waals surface area contributed by atoms with Gasteiger partial charge in [0.05, 0.1) is 10.6 Å². The van der Waals surface area contributed by atoms with Gasteiger partial charge >= 0.3 is 0 Å². The Balaban J connectivity index is 1.77. The fourth-order valence-electron chi connectivity index (χ4n) is 4.45. The first-order valence-electron chi connectivity index (χ1n) is 17.5. The van der Waals surface area contributed by atoms with Gasteiger partial charge in [-0.2, -0.15) is 4.36 Å². The number of aromatic nitrogens is 1. The molecule has 2 aromatic carbocycles. The topological polar surface area (TPSA) is 110 Å². The van der Waals surface area contributed by atoms with Gasteiger partial charge in [0.2, 0.25) is 0 Å². The largest absolute Gasteiger partial charge is 0.417 e. The molecule has 0 unspecified atom stereocenters. The minimum atomic E-state index is -3.04. The molecule has 0 aliphatic rings. The molecule has 3 aromatic rings. The number of hydrogen-bond donors (Lipinski definition) is 3. The predicted octanol–water partition coefficient (Wildman–Crippen LogP) is 10.0. The van der Waals surface area contributed by atoms with Gasteiger partial charge in [-0.1, -0.05) is 71.1 Å². The Hall–Kier alpha value is -3.03. The standard InChI is InChI=1S/C39H55ClFN3O5SSi2/c1-38(2,3)51(7,8)48-20-12-22-50(47,23-13-21-49-52(9,10)39(4,5)6)44-37(46)32-24-30(27-42-28-32)17-16-29-14-11-15-33(25-29)43-36(45)31-18-19-35(41)34(40)26-31/h11,14-15,18-19,24-28,50H,12-13,20-23H2,1-10H3,(H,43,45)(H,44,46,47). The first kappa shape index (κ1) is 43.4. The molecule has 0 fully saturated rings. The smallest absolute Gasteiger partial charge is 0.284 e. The van der Waals surface area contributed by atoms with E-state index in [9.17, 15) is 18.5 Å². The van der Waals surface area contributed by atoms with E-state index in [1.54, 1.807) is 36.5 Å². The highest BCUT2D eigenvalue weighted by Gasteiger charge is 2.38. The van der Waals surface area contributed by atoms with Crippen LogP contribution in [0.3, 0.4) is 0 Å². The van der Waals surface area contributed by atoms with Crippen LogP contribution in [-0.2, 0) is 19.0 Å². The summed E-state index contributed by atoms with van der Waals surface area (Å²) in [5.41, 5.74) is 2.04. The second-order valence-electron chi connectivity index (χ2n) is 16.0. The maximum absolute atomic E-state index is 13.5. The van der Waals surface area contributed by atoms with Crippen LogP contribution in [0, 0.1) is 17.7 Å². The van der Waals surface area contributed by atoms with Crippen LogP contribution in [0.4, 0.5) is 10.1 Å². The number of amides is 2. The number of nitrogens with zero attached hydrogens (tertiary/aromatic N) is 2. The van der Waals surface area contributed by atoms with Crippen molar-refractivity contribution in [1.29, 1.82) is 0 Å². The van der Waals surface area contributed by atoms with E-state index in [-0.39, 0.29) is 26.2 Å². The van der Waals surface area contributed by atoms with Crippen molar-refractivity contribution in [3.8, 4) is 11.8 Å². The van der Waals surface area contributed by atoms with Gasteiger partial charge in [0.15, 0.2) is 16.6 Å². The second kappa shape index (κ2) is 17.9. The Kier molecular flexibility index (Phi) is 14.9. The highest BCUT2D eigenvalue weighted by atomic mass is 35.5. The fraction of sp³-hybridized carbons (Fsp3) is 0.462. The monoisotopic (exact) mass is 787 g/mol. The van der Waals surface area contributed by atoms with Gasteiger partial charge in [-0.05, 0) is 91.6 Å². The van der Waals surface area contributed by atoms with Gasteiger partial charge in [-0.25, -0.2) is 4.39 Å². The molecule has 0 aliphatic carbocycles. The van der Waals surface area contributed by atoms with E-state index in [2.05, 4.69) is 94.2 Å². The molecule has 8 nitrogen and oxygen atoms in total. The minimum absolute atomic E-state index is 0.0694. The number of halogens is 2. The number of carbonyl (C=O) groups excluding carboxylic acids is 2. The summed E-state index contributed by atoms with van der Waals surface area (Å²) in [6.07, 6.45) is 4.17. The van der Waals surface area contributed by atoms with Crippen molar-refractivity contribution in [2.24, 2.45) is 4.36 Å². The molecule has 52 heavy (non-hydrogen) atoms. The third-order valence-electron chi connectivity index (χ3n) is 9.77. The molecule has 0 spiro atoms. The van der Waals surface area contributed by atoms with Crippen LogP contribution < -0.4 is 5.32 Å². The maximum atomic E-state index is 13.5. The number of nitrogens with one attached hydrogen (secondary N) is 1. The van der Waals surface area contributed by atoms with E-state index < -0.39 is 44.4 Å². The van der Waals surface area contributed by atoms with Crippen LogP contribution in [-0.4, -0.2) is 62.7 Å².